The molecule has 0 amide bonds. The summed E-state index contributed by atoms with van der Waals surface area (Å²) in [6, 6.07) is 13.4. The average molecular weight is 317 g/mol. The van der Waals surface area contributed by atoms with Crippen LogP contribution in [-0.4, -0.2) is 14.2 Å². The smallest absolute Gasteiger partial charge is 0.371 e. The number of carbonyl (C=O) groups excluding carboxylic acids is 1. The Morgan fingerprint density at radius 2 is 1.82 bits per heavy atom. The van der Waals surface area contributed by atoms with Crippen LogP contribution in [0.2, 0.25) is 0 Å². The Morgan fingerprint density at radius 3 is 2.55 bits per heavy atom. The normalized spacial score (nSPS) is 19.0. The van der Waals surface area contributed by atoms with E-state index in [4.69, 9.17) is 4.18 Å². The van der Waals surface area contributed by atoms with Crippen molar-refractivity contribution in [3.63, 3.8) is 0 Å². The van der Waals surface area contributed by atoms with Gasteiger partial charge in [0.25, 0.3) is 0 Å². The number of hydrogen-bond donors (Lipinski definition) is 1. The largest absolute Gasteiger partial charge is 0.383 e. The second-order valence-corrected chi connectivity index (χ2v) is 6.55. The molecule has 3 rings (SSSR count). The number of benzene rings is 2. The zero-order valence-electron chi connectivity index (χ0n) is 11.9. The molecule has 0 saturated carbocycles. The van der Waals surface area contributed by atoms with E-state index < -0.39 is 16.3 Å². The molecule has 0 bridgehead atoms. The molecule has 0 radical (unpaired) electrons. The van der Waals surface area contributed by atoms with Gasteiger partial charge in [0, 0.05) is 17.5 Å². The van der Waals surface area contributed by atoms with Crippen LogP contribution in [0, 0.1) is 6.92 Å². The van der Waals surface area contributed by atoms with Gasteiger partial charge in [-0.15, -0.1) is 0 Å². The molecule has 1 aliphatic heterocycles. The van der Waals surface area contributed by atoms with Crippen molar-refractivity contribution in [3.05, 3.63) is 65.2 Å². The van der Waals surface area contributed by atoms with E-state index >= 15 is 0 Å². The van der Waals surface area contributed by atoms with Gasteiger partial charge in [0.05, 0.1) is 6.04 Å². The molecular weight excluding hydrogens is 302 g/mol. The van der Waals surface area contributed by atoms with Gasteiger partial charge >= 0.3 is 10.3 Å². The van der Waals surface area contributed by atoms with Gasteiger partial charge in [0.1, 0.15) is 5.75 Å². The fourth-order valence-electron chi connectivity index (χ4n) is 2.42. The molecule has 22 heavy (non-hydrogen) atoms. The molecule has 0 aliphatic carbocycles. The number of nitrogens with one attached hydrogen (secondary N) is 1. The van der Waals surface area contributed by atoms with E-state index in [-0.39, 0.29) is 18.0 Å². The minimum atomic E-state index is -3.88. The number of Topliss-reactive ketones (excluding diaryl/α,β-unsaturated/α-hetero) is 1. The fraction of sp³-hybridized carbons (Fsp3) is 0.188. The predicted octanol–water partition coefficient (Wildman–Crippen LogP) is 2.54. The zero-order chi connectivity index (χ0) is 15.7. The van der Waals surface area contributed by atoms with Gasteiger partial charge in [0.2, 0.25) is 0 Å². The van der Waals surface area contributed by atoms with E-state index in [2.05, 4.69) is 4.72 Å². The second-order valence-electron chi connectivity index (χ2n) is 5.24. The van der Waals surface area contributed by atoms with Crippen LogP contribution in [0.3, 0.4) is 0 Å². The first-order valence-corrected chi connectivity index (χ1v) is 8.26. The summed E-state index contributed by atoms with van der Waals surface area (Å²) < 4.78 is 30.8. The zero-order valence-corrected chi connectivity index (χ0v) is 12.8. The van der Waals surface area contributed by atoms with E-state index in [1.807, 2.05) is 19.1 Å². The Morgan fingerprint density at radius 1 is 1.14 bits per heavy atom. The summed E-state index contributed by atoms with van der Waals surface area (Å²) in [5.41, 5.74) is 2.29. The highest BCUT2D eigenvalue weighted by Gasteiger charge is 2.31. The topological polar surface area (TPSA) is 72.5 Å². The molecule has 114 valence electrons. The first kappa shape index (κ1) is 14.7. The van der Waals surface area contributed by atoms with Crippen LogP contribution in [-0.2, 0) is 10.3 Å². The SMILES string of the molecule is Cc1ccc(C(=O)CC2NS(=O)(=O)Oc3ccccc32)cc1. The van der Waals surface area contributed by atoms with Crippen molar-refractivity contribution in [2.75, 3.05) is 0 Å². The van der Waals surface area contributed by atoms with Gasteiger partial charge in [-0.2, -0.15) is 13.1 Å². The number of fused-ring (bicyclic) bond motifs is 1. The van der Waals surface area contributed by atoms with E-state index in [9.17, 15) is 13.2 Å². The van der Waals surface area contributed by atoms with Crippen LogP contribution >= 0.6 is 0 Å². The van der Waals surface area contributed by atoms with Crippen LogP contribution in [0.4, 0.5) is 0 Å². The van der Waals surface area contributed by atoms with Crippen molar-refractivity contribution >= 4 is 16.1 Å². The first-order valence-electron chi connectivity index (χ1n) is 6.85. The van der Waals surface area contributed by atoms with Crippen molar-refractivity contribution in [2.24, 2.45) is 0 Å². The van der Waals surface area contributed by atoms with Gasteiger partial charge in [0.15, 0.2) is 5.78 Å². The van der Waals surface area contributed by atoms with Crippen molar-refractivity contribution in [1.29, 1.82) is 0 Å². The molecular formula is C16H15NO4S. The molecule has 1 atom stereocenters. The summed E-state index contributed by atoms with van der Waals surface area (Å²) in [4.78, 5) is 12.4. The van der Waals surface area contributed by atoms with E-state index in [0.717, 1.165) is 5.56 Å². The average Bonchev–Trinajstić information content (AvgIpc) is 2.46. The lowest BCUT2D eigenvalue weighted by atomic mass is 9.97. The molecule has 1 aliphatic rings. The maximum atomic E-state index is 12.4. The fourth-order valence-corrected chi connectivity index (χ4v) is 3.41. The lowest BCUT2D eigenvalue weighted by Crippen LogP contribution is -2.37. The van der Waals surface area contributed by atoms with Crippen molar-refractivity contribution in [2.45, 2.75) is 19.4 Å². The summed E-state index contributed by atoms with van der Waals surface area (Å²) in [5, 5.41) is 0. The van der Waals surface area contributed by atoms with Crippen LogP contribution in [0.15, 0.2) is 48.5 Å². The highest BCUT2D eigenvalue weighted by atomic mass is 32.2. The number of carbonyl (C=O) groups is 1. The number of aryl methyl sites for hydroxylation is 1. The third kappa shape index (κ3) is 3.03. The van der Waals surface area contributed by atoms with Crippen LogP contribution in [0.25, 0.3) is 0 Å². The maximum Gasteiger partial charge on any atom is 0.383 e. The summed E-state index contributed by atoms with van der Waals surface area (Å²) in [6.07, 6.45) is 0.0443. The summed E-state index contributed by atoms with van der Waals surface area (Å²) >= 11 is 0. The van der Waals surface area contributed by atoms with Gasteiger partial charge in [-0.3, -0.25) is 4.79 Å². The Kier molecular flexibility index (Phi) is 3.72. The summed E-state index contributed by atoms with van der Waals surface area (Å²) in [5.74, 6) is 0.146. The van der Waals surface area contributed by atoms with Crippen molar-refractivity contribution in [1.82, 2.24) is 4.72 Å². The van der Waals surface area contributed by atoms with Crippen molar-refractivity contribution in [3.8, 4) is 5.75 Å². The molecule has 1 heterocycles. The molecule has 0 fully saturated rings. The minimum Gasteiger partial charge on any atom is -0.371 e. The molecule has 0 saturated heterocycles. The Balaban J connectivity index is 1.88. The van der Waals surface area contributed by atoms with E-state index in [0.29, 0.717) is 11.1 Å². The number of rotatable bonds is 3. The number of hydrogen-bond acceptors (Lipinski definition) is 4. The standard InChI is InChI=1S/C16H15NO4S/c1-11-6-8-12(9-7-11)15(18)10-14-13-4-2-3-5-16(13)21-22(19,20)17-14/h2-9,14,17H,10H2,1H3. The third-order valence-corrected chi connectivity index (χ3v) is 4.52. The van der Waals surface area contributed by atoms with Crippen molar-refractivity contribution < 1.29 is 17.4 Å². The van der Waals surface area contributed by atoms with E-state index in [1.54, 1.807) is 36.4 Å². The van der Waals surface area contributed by atoms with E-state index in [1.165, 1.54) is 0 Å². The molecule has 2 aromatic rings. The quantitative estimate of drug-likeness (QED) is 0.883. The molecule has 0 aromatic heterocycles. The molecule has 1 N–H and O–H groups in total. The highest BCUT2D eigenvalue weighted by Crippen LogP contribution is 2.33. The first-order chi connectivity index (χ1) is 10.4. The molecule has 5 nitrogen and oxygen atoms in total. The van der Waals surface area contributed by atoms with Crippen LogP contribution in [0.1, 0.15) is 33.9 Å². The van der Waals surface area contributed by atoms with Crippen LogP contribution in [0.5, 0.6) is 5.75 Å². The Bertz CT molecular complexity index is 812. The summed E-state index contributed by atoms with van der Waals surface area (Å²) in [7, 11) is -3.88. The Hall–Kier alpha value is -2.18. The van der Waals surface area contributed by atoms with Gasteiger partial charge < -0.3 is 4.18 Å². The molecule has 6 heteroatoms. The predicted molar refractivity (Wildman–Crippen MR) is 82.0 cm³/mol. The second kappa shape index (κ2) is 5.55. The van der Waals surface area contributed by atoms with Gasteiger partial charge in [-0.05, 0) is 13.0 Å². The lowest BCUT2D eigenvalue weighted by molar-refractivity contribution is 0.0971. The van der Waals surface area contributed by atoms with Gasteiger partial charge in [-0.1, -0.05) is 48.0 Å². The maximum absolute atomic E-state index is 12.4. The molecule has 0 spiro atoms. The third-order valence-electron chi connectivity index (χ3n) is 3.54. The molecule has 2 aromatic carbocycles. The van der Waals surface area contributed by atoms with Gasteiger partial charge in [-0.25, -0.2) is 0 Å². The summed E-state index contributed by atoms with van der Waals surface area (Å²) in [6.45, 7) is 1.94. The number of para-hydroxylation sites is 1. The number of ketones is 1. The lowest BCUT2D eigenvalue weighted by Gasteiger charge is -2.25. The minimum absolute atomic E-state index is 0.0443. The van der Waals surface area contributed by atoms with Crippen LogP contribution < -0.4 is 8.91 Å². The highest BCUT2D eigenvalue weighted by molar-refractivity contribution is 7.85. The molecule has 1 unspecified atom stereocenters. The monoisotopic (exact) mass is 317 g/mol. The Labute approximate surface area is 129 Å².